The van der Waals surface area contributed by atoms with Crippen molar-refractivity contribution in [2.45, 2.75) is 6.92 Å². The van der Waals surface area contributed by atoms with E-state index in [0.29, 0.717) is 17.0 Å². The number of ether oxygens (including phenoxy) is 1. The van der Waals surface area contributed by atoms with Crippen LogP contribution in [0.4, 0.5) is 0 Å². The molecule has 1 aromatic carbocycles. The van der Waals surface area contributed by atoms with E-state index in [1.807, 2.05) is 24.3 Å². The minimum atomic E-state index is -0.341. The Bertz CT molecular complexity index is 848. The highest BCUT2D eigenvalue weighted by Crippen LogP contribution is 2.32. The van der Waals surface area contributed by atoms with Crippen LogP contribution in [-0.4, -0.2) is 26.8 Å². The Hall–Kier alpha value is -2.76. The van der Waals surface area contributed by atoms with Crippen molar-refractivity contribution in [1.82, 2.24) is 14.6 Å². The first-order valence-electron chi connectivity index (χ1n) is 6.06. The topological polar surface area (TPSA) is 79.6 Å². The summed E-state index contributed by atoms with van der Waals surface area (Å²) in [5, 5.41) is 14.1. The van der Waals surface area contributed by atoms with Crippen LogP contribution < -0.4 is 10.3 Å². The number of rotatable bonds is 2. The minimum Gasteiger partial charge on any atom is -0.496 e. The van der Waals surface area contributed by atoms with E-state index in [-0.39, 0.29) is 17.0 Å². The lowest BCUT2D eigenvalue weighted by molar-refractivity contribution is 0.416. The fourth-order valence-corrected chi connectivity index (χ4v) is 2.16. The molecular formula is C14H13N3O3. The molecule has 0 bridgehead atoms. The number of nitrogens with zero attached hydrogens (tertiary/aromatic N) is 2. The van der Waals surface area contributed by atoms with Crippen LogP contribution in [0.15, 0.2) is 35.3 Å². The van der Waals surface area contributed by atoms with Gasteiger partial charge in [-0.1, -0.05) is 18.2 Å². The Morgan fingerprint density at radius 1 is 1.30 bits per heavy atom. The number of fused-ring (bicyclic) bond motifs is 1. The molecule has 0 unspecified atom stereocenters. The molecule has 3 rings (SSSR count). The van der Waals surface area contributed by atoms with Crippen molar-refractivity contribution in [1.29, 1.82) is 0 Å². The molecular weight excluding hydrogens is 258 g/mol. The van der Waals surface area contributed by atoms with Crippen molar-refractivity contribution in [2.24, 2.45) is 0 Å². The summed E-state index contributed by atoms with van der Waals surface area (Å²) < 4.78 is 6.61. The number of methoxy groups -OCH3 is 1. The van der Waals surface area contributed by atoms with Gasteiger partial charge in [-0.3, -0.25) is 4.79 Å². The van der Waals surface area contributed by atoms with Crippen molar-refractivity contribution in [3.05, 3.63) is 46.4 Å². The second kappa shape index (κ2) is 4.41. The van der Waals surface area contributed by atoms with E-state index < -0.39 is 0 Å². The summed E-state index contributed by atoms with van der Waals surface area (Å²) in [7, 11) is 1.58. The predicted molar refractivity (Wildman–Crippen MR) is 74.2 cm³/mol. The van der Waals surface area contributed by atoms with Gasteiger partial charge in [0.1, 0.15) is 11.4 Å². The van der Waals surface area contributed by atoms with E-state index in [4.69, 9.17) is 4.74 Å². The number of aromatic amines is 1. The lowest BCUT2D eigenvalue weighted by atomic mass is 10.1. The Balaban J connectivity index is 2.36. The molecule has 6 heteroatoms. The fourth-order valence-electron chi connectivity index (χ4n) is 2.16. The molecule has 3 aromatic rings. The first-order valence-corrected chi connectivity index (χ1v) is 6.06. The second-order valence-corrected chi connectivity index (χ2v) is 4.42. The van der Waals surface area contributed by atoms with Crippen LogP contribution in [0.1, 0.15) is 5.56 Å². The van der Waals surface area contributed by atoms with E-state index >= 15 is 0 Å². The maximum Gasteiger partial charge on any atom is 0.257 e. The summed E-state index contributed by atoms with van der Waals surface area (Å²) in [4.78, 5) is 14.5. The van der Waals surface area contributed by atoms with Gasteiger partial charge in [0, 0.05) is 11.1 Å². The van der Waals surface area contributed by atoms with Gasteiger partial charge in [0.2, 0.25) is 5.88 Å². The van der Waals surface area contributed by atoms with Crippen molar-refractivity contribution in [2.75, 3.05) is 7.11 Å². The molecule has 20 heavy (non-hydrogen) atoms. The molecule has 0 radical (unpaired) electrons. The van der Waals surface area contributed by atoms with Crippen molar-refractivity contribution in [3.63, 3.8) is 0 Å². The number of para-hydroxylation sites is 1. The van der Waals surface area contributed by atoms with Gasteiger partial charge >= 0.3 is 0 Å². The number of aromatic hydroxyl groups is 1. The maximum atomic E-state index is 11.8. The first-order chi connectivity index (χ1) is 9.63. The van der Waals surface area contributed by atoms with Crippen molar-refractivity contribution < 1.29 is 9.84 Å². The molecule has 0 aliphatic carbocycles. The number of benzene rings is 1. The zero-order valence-electron chi connectivity index (χ0n) is 11.0. The minimum absolute atomic E-state index is 0.162. The van der Waals surface area contributed by atoms with Gasteiger partial charge in [-0.25, -0.2) is 0 Å². The van der Waals surface area contributed by atoms with Crippen molar-refractivity contribution in [3.8, 4) is 22.8 Å². The molecule has 2 heterocycles. The van der Waals surface area contributed by atoms with Crippen LogP contribution in [0.5, 0.6) is 11.6 Å². The molecule has 0 fully saturated rings. The Morgan fingerprint density at radius 3 is 2.80 bits per heavy atom. The average Bonchev–Trinajstić information content (AvgIpc) is 2.88. The summed E-state index contributed by atoms with van der Waals surface area (Å²) in [5.41, 5.74) is 1.81. The SMILES string of the molecule is COc1ccccc1-c1cnn2c(O)c(C)c(=O)[nH]c12. The Morgan fingerprint density at radius 2 is 2.05 bits per heavy atom. The molecule has 0 amide bonds. The highest BCUT2D eigenvalue weighted by atomic mass is 16.5. The third-order valence-electron chi connectivity index (χ3n) is 3.27. The van der Waals surface area contributed by atoms with Crippen LogP contribution >= 0.6 is 0 Å². The summed E-state index contributed by atoms with van der Waals surface area (Å²) in [6.45, 7) is 1.54. The van der Waals surface area contributed by atoms with Gasteiger partial charge < -0.3 is 14.8 Å². The highest BCUT2D eigenvalue weighted by Gasteiger charge is 2.15. The average molecular weight is 271 g/mol. The summed E-state index contributed by atoms with van der Waals surface area (Å²) in [5.74, 6) is 0.508. The Kier molecular flexibility index (Phi) is 2.71. The number of hydrogen-bond acceptors (Lipinski definition) is 4. The van der Waals surface area contributed by atoms with Crippen LogP contribution in [0.2, 0.25) is 0 Å². The van der Waals surface area contributed by atoms with Gasteiger partial charge in [0.25, 0.3) is 5.56 Å². The summed E-state index contributed by atoms with van der Waals surface area (Å²) in [6, 6.07) is 7.42. The maximum absolute atomic E-state index is 11.8. The predicted octanol–water partition coefficient (Wildman–Crippen LogP) is 1.71. The molecule has 2 N–H and O–H groups in total. The lowest BCUT2D eigenvalue weighted by Gasteiger charge is -2.07. The zero-order valence-corrected chi connectivity index (χ0v) is 11.0. The first kappa shape index (κ1) is 12.3. The number of hydrogen-bond donors (Lipinski definition) is 2. The van der Waals surface area contributed by atoms with E-state index in [1.54, 1.807) is 13.3 Å². The van der Waals surface area contributed by atoms with Gasteiger partial charge in [0.15, 0.2) is 0 Å². The second-order valence-electron chi connectivity index (χ2n) is 4.42. The van der Waals surface area contributed by atoms with Gasteiger partial charge in [-0.15, -0.1) is 0 Å². The Labute approximate surface area is 114 Å². The fraction of sp³-hybridized carbons (Fsp3) is 0.143. The third kappa shape index (κ3) is 1.65. The molecule has 0 spiro atoms. The number of H-pyrrole nitrogens is 1. The molecule has 0 saturated heterocycles. The van der Waals surface area contributed by atoms with Crippen LogP contribution in [0.3, 0.4) is 0 Å². The van der Waals surface area contributed by atoms with E-state index in [9.17, 15) is 9.90 Å². The quantitative estimate of drug-likeness (QED) is 0.743. The smallest absolute Gasteiger partial charge is 0.257 e. The van der Waals surface area contributed by atoms with Crippen LogP contribution in [0, 0.1) is 6.92 Å². The summed E-state index contributed by atoms with van der Waals surface area (Å²) >= 11 is 0. The highest BCUT2D eigenvalue weighted by molar-refractivity contribution is 5.81. The lowest BCUT2D eigenvalue weighted by Crippen LogP contribution is -2.12. The molecule has 6 nitrogen and oxygen atoms in total. The number of aromatic nitrogens is 3. The van der Waals surface area contributed by atoms with E-state index in [1.165, 1.54) is 11.4 Å². The number of nitrogens with one attached hydrogen (secondary N) is 1. The zero-order chi connectivity index (χ0) is 14.3. The monoisotopic (exact) mass is 271 g/mol. The van der Waals surface area contributed by atoms with Gasteiger partial charge in [-0.05, 0) is 13.0 Å². The molecule has 0 aliphatic rings. The molecule has 2 aromatic heterocycles. The van der Waals surface area contributed by atoms with E-state index in [2.05, 4.69) is 10.1 Å². The molecule has 102 valence electrons. The standard InChI is InChI=1S/C14H13N3O3/c1-8-13(18)16-12-10(7-15-17(12)14(8)19)9-5-3-4-6-11(9)20-2/h3-7,19H,1-2H3,(H,16,18). The largest absolute Gasteiger partial charge is 0.496 e. The normalized spacial score (nSPS) is 10.9. The molecule has 0 atom stereocenters. The third-order valence-corrected chi connectivity index (χ3v) is 3.27. The van der Waals surface area contributed by atoms with Crippen molar-refractivity contribution >= 4 is 5.65 Å². The molecule has 0 saturated carbocycles. The molecule has 0 aliphatic heterocycles. The van der Waals surface area contributed by atoms with E-state index in [0.717, 1.165) is 5.56 Å². The summed E-state index contributed by atoms with van der Waals surface area (Å²) in [6.07, 6.45) is 1.59. The van der Waals surface area contributed by atoms with Crippen LogP contribution in [0.25, 0.3) is 16.8 Å². The van der Waals surface area contributed by atoms with Gasteiger partial charge in [0.05, 0.1) is 18.9 Å². The van der Waals surface area contributed by atoms with Crippen LogP contribution in [-0.2, 0) is 0 Å². The van der Waals surface area contributed by atoms with Gasteiger partial charge in [-0.2, -0.15) is 9.61 Å².